The lowest BCUT2D eigenvalue weighted by atomic mass is 9.91. The second kappa shape index (κ2) is 10.9. The van der Waals surface area contributed by atoms with Crippen LogP contribution in [0.4, 0.5) is 21.7 Å². The number of amides is 1. The molecule has 35 heavy (non-hydrogen) atoms. The summed E-state index contributed by atoms with van der Waals surface area (Å²) in [5.41, 5.74) is 13.1. The maximum atomic E-state index is 14.8. The van der Waals surface area contributed by atoms with Gasteiger partial charge in [0.1, 0.15) is 5.82 Å². The molecule has 186 valence electrons. The Balaban J connectivity index is 1.56. The van der Waals surface area contributed by atoms with Gasteiger partial charge in [0.15, 0.2) is 11.6 Å². The summed E-state index contributed by atoms with van der Waals surface area (Å²) in [5.74, 6) is -0.0613. The highest BCUT2D eigenvalue weighted by Crippen LogP contribution is 2.28. The summed E-state index contributed by atoms with van der Waals surface area (Å²) in [5, 5.41) is 7.11. The first-order valence-electron chi connectivity index (χ1n) is 12.1. The molecule has 0 saturated heterocycles. The lowest BCUT2D eigenvalue weighted by molar-refractivity contribution is 0.100. The molecule has 1 fully saturated rings. The van der Waals surface area contributed by atoms with Gasteiger partial charge in [-0.3, -0.25) is 4.79 Å². The van der Waals surface area contributed by atoms with Crippen LogP contribution in [0.5, 0.6) is 5.88 Å². The molecule has 4 rings (SSSR count). The molecule has 0 bridgehead atoms. The van der Waals surface area contributed by atoms with Gasteiger partial charge >= 0.3 is 0 Å². The number of pyridine rings is 2. The number of nitrogens with two attached hydrogens (primary N) is 2. The van der Waals surface area contributed by atoms with E-state index in [1.165, 1.54) is 0 Å². The van der Waals surface area contributed by atoms with E-state index in [1.807, 2.05) is 30.3 Å². The number of halogens is 1. The Bertz CT molecular complexity index is 1200. The zero-order valence-corrected chi connectivity index (χ0v) is 20.2. The number of benzene rings is 1. The molecule has 2 aromatic heterocycles. The third-order valence-corrected chi connectivity index (χ3v) is 6.25. The molecule has 1 unspecified atom stereocenters. The molecule has 8 nitrogen and oxygen atoms in total. The summed E-state index contributed by atoms with van der Waals surface area (Å²) in [6.45, 7) is 4.91. The predicted octanol–water partition coefficient (Wildman–Crippen LogP) is 4.72. The number of hydrogen-bond donors (Lipinski definition) is 4. The quantitative estimate of drug-likeness (QED) is 0.349. The predicted molar refractivity (Wildman–Crippen MR) is 137 cm³/mol. The minimum Gasteiger partial charge on any atom is -0.478 e. The molecular formula is C26H33FN6O2. The van der Waals surface area contributed by atoms with Gasteiger partial charge in [0.05, 0.1) is 17.7 Å². The zero-order valence-electron chi connectivity index (χ0n) is 20.2. The molecule has 1 aliphatic carbocycles. The third-order valence-electron chi connectivity index (χ3n) is 6.25. The molecule has 3 aromatic rings. The highest BCUT2D eigenvalue weighted by Gasteiger charge is 2.24. The first-order chi connectivity index (χ1) is 16.8. The van der Waals surface area contributed by atoms with Gasteiger partial charge in [-0.2, -0.15) is 0 Å². The number of carbonyl (C=O) groups excluding carboxylic acids is 1. The van der Waals surface area contributed by atoms with Gasteiger partial charge in [0.2, 0.25) is 5.88 Å². The van der Waals surface area contributed by atoms with Crippen LogP contribution in [-0.2, 0) is 0 Å². The number of rotatable bonds is 9. The molecule has 1 saturated carbocycles. The minimum absolute atomic E-state index is 0.0342. The number of aromatic nitrogens is 2. The smallest absolute Gasteiger partial charge is 0.252 e. The fourth-order valence-electron chi connectivity index (χ4n) is 4.19. The number of carbonyl (C=O) groups is 1. The average molecular weight is 481 g/mol. The van der Waals surface area contributed by atoms with Crippen molar-refractivity contribution in [2.24, 2.45) is 17.4 Å². The van der Waals surface area contributed by atoms with Crippen molar-refractivity contribution in [2.45, 2.75) is 58.0 Å². The summed E-state index contributed by atoms with van der Waals surface area (Å²) in [6, 6.07) is 10.2. The van der Waals surface area contributed by atoms with E-state index in [4.69, 9.17) is 16.2 Å². The molecular weight excluding hydrogens is 447 g/mol. The van der Waals surface area contributed by atoms with E-state index in [-0.39, 0.29) is 29.3 Å². The maximum absolute atomic E-state index is 14.8. The number of primary amides is 1. The Hall–Kier alpha value is -3.46. The number of nitrogens with zero attached hydrogens (tertiary/aromatic N) is 2. The van der Waals surface area contributed by atoms with Crippen molar-refractivity contribution in [3.63, 3.8) is 0 Å². The lowest BCUT2D eigenvalue weighted by Crippen LogP contribution is -2.43. The van der Waals surface area contributed by atoms with E-state index in [0.717, 1.165) is 49.1 Å². The second-order valence-electron chi connectivity index (χ2n) is 9.49. The molecule has 0 spiro atoms. The lowest BCUT2D eigenvalue weighted by Gasteiger charge is -2.30. The molecule has 9 heteroatoms. The van der Waals surface area contributed by atoms with E-state index in [9.17, 15) is 9.18 Å². The first kappa shape index (κ1) is 24.7. The Morgan fingerprint density at radius 1 is 1.14 bits per heavy atom. The van der Waals surface area contributed by atoms with Crippen molar-refractivity contribution in [2.75, 3.05) is 17.2 Å². The van der Waals surface area contributed by atoms with Gasteiger partial charge < -0.3 is 26.8 Å². The van der Waals surface area contributed by atoms with Crippen LogP contribution in [0, 0.1) is 11.7 Å². The van der Waals surface area contributed by atoms with Gasteiger partial charge in [-0.05, 0) is 55.5 Å². The number of hydrogen-bond acceptors (Lipinski definition) is 7. The van der Waals surface area contributed by atoms with Gasteiger partial charge in [0.25, 0.3) is 5.91 Å². The fourth-order valence-corrected chi connectivity index (χ4v) is 4.19. The highest BCUT2D eigenvalue weighted by molar-refractivity contribution is 5.99. The second-order valence-corrected chi connectivity index (χ2v) is 9.49. The standard InChI is InChI=1S/C26H33FN6O2/c1-15(2)11-12-35-23-10-7-16-13-17(8-9-21(16)31-23)30-25-18(24(29)34)14-19(27)26(33-25)32-22-6-4-3-5-20(22)28/h7-10,13-15,20,22H,3-6,11-12,28H2,1-2H3,(H2,29,34)(H2,30,32,33)/t20-,22?/m0/s1. The van der Waals surface area contributed by atoms with Crippen LogP contribution >= 0.6 is 0 Å². The summed E-state index contributed by atoms with van der Waals surface area (Å²) >= 11 is 0. The minimum atomic E-state index is -0.773. The van der Waals surface area contributed by atoms with Crippen molar-refractivity contribution in [1.29, 1.82) is 0 Å². The van der Waals surface area contributed by atoms with Crippen LogP contribution in [0.2, 0.25) is 0 Å². The van der Waals surface area contributed by atoms with E-state index in [0.29, 0.717) is 24.1 Å². The Kier molecular flexibility index (Phi) is 7.65. The van der Waals surface area contributed by atoms with Crippen molar-refractivity contribution < 1.29 is 13.9 Å². The van der Waals surface area contributed by atoms with Crippen molar-refractivity contribution in [3.8, 4) is 5.88 Å². The van der Waals surface area contributed by atoms with Crippen LogP contribution in [0.25, 0.3) is 10.9 Å². The van der Waals surface area contributed by atoms with Crippen LogP contribution in [0.1, 0.15) is 56.3 Å². The summed E-state index contributed by atoms with van der Waals surface area (Å²) in [6.07, 6.45) is 4.75. The topological polar surface area (TPSA) is 128 Å². The number of fused-ring (bicyclic) bond motifs is 1. The van der Waals surface area contributed by atoms with Crippen LogP contribution < -0.4 is 26.8 Å². The maximum Gasteiger partial charge on any atom is 0.252 e. The van der Waals surface area contributed by atoms with Gasteiger partial charge in [-0.1, -0.05) is 26.7 Å². The van der Waals surface area contributed by atoms with E-state index < -0.39 is 11.7 Å². The van der Waals surface area contributed by atoms with Gasteiger partial charge in [0, 0.05) is 29.2 Å². The van der Waals surface area contributed by atoms with Crippen LogP contribution in [0.15, 0.2) is 36.4 Å². The summed E-state index contributed by atoms with van der Waals surface area (Å²) < 4.78 is 20.5. The van der Waals surface area contributed by atoms with E-state index in [2.05, 4.69) is 34.4 Å². The highest BCUT2D eigenvalue weighted by atomic mass is 19.1. The average Bonchev–Trinajstić information content (AvgIpc) is 2.82. The van der Waals surface area contributed by atoms with Crippen molar-refractivity contribution in [3.05, 3.63) is 47.8 Å². The zero-order chi connectivity index (χ0) is 24.9. The first-order valence-corrected chi connectivity index (χ1v) is 12.1. The number of ether oxygens (including phenoxy) is 1. The van der Waals surface area contributed by atoms with E-state index >= 15 is 0 Å². The van der Waals surface area contributed by atoms with E-state index in [1.54, 1.807) is 0 Å². The molecule has 2 atom stereocenters. The Morgan fingerprint density at radius 3 is 2.69 bits per heavy atom. The molecule has 0 aliphatic heterocycles. The largest absolute Gasteiger partial charge is 0.478 e. The monoisotopic (exact) mass is 480 g/mol. The molecule has 1 aliphatic rings. The number of anilines is 3. The fraction of sp³-hybridized carbons (Fsp3) is 0.423. The molecule has 6 N–H and O–H groups in total. The molecule has 1 aromatic carbocycles. The molecule has 1 amide bonds. The Labute approximate surface area is 204 Å². The number of nitrogens with one attached hydrogen (secondary N) is 2. The molecule has 0 radical (unpaired) electrons. The van der Waals surface area contributed by atoms with Crippen LogP contribution in [-0.4, -0.2) is 34.6 Å². The molecule has 2 heterocycles. The summed E-state index contributed by atoms with van der Waals surface area (Å²) in [4.78, 5) is 20.9. The van der Waals surface area contributed by atoms with Gasteiger partial charge in [-0.25, -0.2) is 14.4 Å². The van der Waals surface area contributed by atoms with Crippen molar-refractivity contribution in [1.82, 2.24) is 9.97 Å². The normalized spacial score (nSPS) is 18.0. The summed E-state index contributed by atoms with van der Waals surface area (Å²) in [7, 11) is 0. The third kappa shape index (κ3) is 6.16. The Morgan fingerprint density at radius 2 is 1.94 bits per heavy atom. The SMILES string of the molecule is CC(C)CCOc1ccc2cc(Nc3nc(NC4CCCC[C@@H]4N)c(F)cc3C(N)=O)ccc2n1. The van der Waals surface area contributed by atoms with Crippen molar-refractivity contribution >= 4 is 34.1 Å². The van der Waals surface area contributed by atoms with Gasteiger partial charge in [-0.15, -0.1) is 0 Å². The van der Waals surface area contributed by atoms with Crippen LogP contribution in [0.3, 0.4) is 0 Å².